The fourth-order valence-electron chi connectivity index (χ4n) is 2.50. The van der Waals surface area contributed by atoms with E-state index in [4.69, 9.17) is 5.73 Å². The van der Waals surface area contributed by atoms with E-state index < -0.39 is 0 Å². The highest BCUT2D eigenvalue weighted by Gasteiger charge is 2.24. The summed E-state index contributed by atoms with van der Waals surface area (Å²) in [5.74, 6) is 0.280. The van der Waals surface area contributed by atoms with E-state index in [2.05, 4.69) is 11.8 Å². The Morgan fingerprint density at radius 2 is 1.88 bits per heavy atom. The lowest BCUT2D eigenvalue weighted by molar-refractivity contribution is -0.136. The molecule has 1 saturated heterocycles. The van der Waals surface area contributed by atoms with Crippen molar-refractivity contribution < 1.29 is 4.79 Å². The molecule has 0 aromatic heterocycles. The molecule has 0 bridgehead atoms. The van der Waals surface area contributed by atoms with Crippen molar-refractivity contribution >= 4 is 5.91 Å². The average Bonchev–Trinajstić information content (AvgIpc) is 2.63. The van der Waals surface area contributed by atoms with Gasteiger partial charge in [0.05, 0.1) is 6.04 Å². The predicted octanol–water partition coefficient (Wildman–Crippen LogP) is 1.06. The lowest BCUT2D eigenvalue weighted by Crippen LogP contribution is -2.48. The van der Waals surface area contributed by atoms with Crippen molar-refractivity contribution in [2.24, 2.45) is 5.73 Å². The van der Waals surface area contributed by atoms with E-state index in [0.717, 1.165) is 39.0 Å². The summed E-state index contributed by atoms with van der Waals surface area (Å²) < 4.78 is 0. The standard InChI is InChI=1S/C13H27N3O/c1-3-15(11-8-14)12(2)13(17)16-9-6-4-5-7-10-16/h12H,3-11,14H2,1-2H3. The summed E-state index contributed by atoms with van der Waals surface area (Å²) in [6, 6.07) is -0.0263. The fraction of sp³-hybridized carbons (Fsp3) is 0.923. The molecule has 1 unspecified atom stereocenters. The van der Waals surface area contributed by atoms with Gasteiger partial charge in [-0.1, -0.05) is 19.8 Å². The highest BCUT2D eigenvalue weighted by molar-refractivity contribution is 5.81. The van der Waals surface area contributed by atoms with Crippen LogP contribution in [0.4, 0.5) is 0 Å². The van der Waals surface area contributed by atoms with Gasteiger partial charge >= 0.3 is 0 Å². The van der Waals surface area contributed by atoms with Gasteiger partial charge in [-0.15, -0.1) is 0 Å². The van der Waals surface area contributed by atoms with Crippen LogP contribution in [-0.2, 0) is 4.79 Å². The minimum absolute atomic E-state index is 0.0263. The van der Waals surface area contributed by atoms with Crippen molar-refractivity contribution in [3.63, 3.8) is 0 Å². The van der Waals surface area contributed by atoms with Crippen molar-refractivity contribution in [1.29, 1.82) is 0 Å². The molecule has 1 amide bonds. The molecule has 1 atom stereocenters. The zero-order valence-electron chi connectivity index (χ0n) is 11.3. The van der Waals surface area contributed by atoms with E-state index in [0.29, 0.717) is 6.54 Å². The summed E-state index contributed by atoms with van der Waals surface area (Å²) in [6.45, 7) is 8.27. The highest BCUT2D eigenvalue weighted by atomic mass is 16.2. The first kappa shape index (κ1) is 14.5. The number of carbonyl (C=O) groups is 1. The monoisotopic (exact) mass is 241 g/mol. The van der Waals surface area contributed by atoms with Crippen molar-refractivity contribution in [3.05, 3.63) is 0 Å². The molecule has 0 radical (unpaired) electrons. The summed E-state index contributed by atoms with van der Waals surface area (Å²) in [5.41, 5.74) is 5.58. The number of carbonyl (C=O) groups excluding carboxylic acids is 1. The fourth-order valence-corrected chi connectivity index (χ4v) is 2.50. The van der Waals surface area contributed by atoms with Gasteiger partial charge < -0.3 is 10.6 Å². The van der Waals surface area contributed by atoms with Crippen LogP contribution >= 0.6 is 0 Å². The summed E-state index contributed by atoms with van der Waals surface area (Å²) in [4.78, 5) is 16.6. The number of amides is 1. The third kappa shape index (κ3) is 4.28. The van der Waals surface area contributed by atoms with Crippen molar-refractivity contribution in [3.8, 4) is 0 Å². The molecule has 0 saturated carbocycles. The molecule has 4 nitrogen and oxygen atoms in total. The average molecular weight is 241 g/mol. The van der Waals surface area contributed by atoms with Gasteiger partial charge in [-0.3, -0.25) is 9.69 Å². The van der Waals surface area contributed by atoms with Crippen LogP contribution in [0.3, 0.4) is 0 Å². The Kier molecular flexibility index (Phi) is 6.52. The van der Waals surface area contributed by atoms with Gasteiger partial charge in [-0.2, -0.15) is 0 Å². The lowest BCUT2D eigenvalue weighted by atomic mass is 10.2. The normalized spacial score (nSPS) is 19.2. The third-order valence-corrected chi connectivity index (χ3v) is 3.65. The third-order valence-electron chi connectivity index (χ3n) is 3.65. The molecule has 4 heteroatoms. The molecule has 0 aliphatic carbocycles. The molecular formula is C13H27N3O. The Labute approximate surface area is 105 Å². The van der Waals surface area contributed by atoms with Crippen LogP contribution in [0.2, 0.25) is 0 Å². The van der Waals surface area contributed by atoms with Gasteiger partial charge in [0.15, 0.2) is 0 Å². The summed E-state index contributed by atoms with van der Waals surface area (Å²) in [7, 11) is 0. The molecule has 2 N–H and O–H groups in total. The maximum absolute atomic E-state index is 12.4. The van der Waals surface area contributed by atoms with Gasteiger partial charge in [-0.05, 0) is 26.3 Å². The Morgan fingerprint density at radius 3 is 2.35 bits per heavy atom. The molecule has 1 aliphatic heterocycles. The minimum Gasteiger partial charge on any atom is -0.341 e. The molecule has 17 heavy (non-hydrogen) atoms. The second-order valence-corrected chi connectivity index (χ2v) is 4.83. The molecule has 1 fully saturated rings. The first-order valence-electron chi connectivity index (χ1n) is 6.93. The van der Waals surface area contributed by atoms with E-state index in [1.165, 1.54) is 12.8 Å². The van der Waals surface area contributed by atoms with E-state index in [9.17, 15) is 4.79 Å². The molecule has 100 valence electrons. The summed E-state index contributed by atoms with van der Waals surface area (Å²) in [5, 5.41) is 0. The number of nitrogens with two attached hydrogens (primary N) is 1. The van der Waals surface area contributed by atoms with Crippen LogP contribution in [0.15, 0.2) is 0 Å². The molecule has 0 aromatic carbocycles. The van der Waals surface area contributed by atoms with Crippen LogP contribution in [0.1, 0.15) is 39.5 Å². The Hall–Kier alpha value is -0.610. The number of likely N-dealkylation sites (tertiary alicyclic amines) is 1. The van der Waals surface area contributed by atoms with E-state index >= 15 is 0 Å². The van der Waals surface area contributed by atoms with Gasteiger partial charge in [0.2, 0.25) is 5.91 Å². The first-order chi connectivity index (χ1) is 8.20. The van der Waals surface area contributed by atoms with Crippen LogP contribution in [-0.4, -0.2) is 54.5 Å². The number of hydrogen-bond acceptors (Lipinski definition) is 3. The molecule has 1 rings (SSSR count). The molecule has 1 aliphatic rings. The quantitative estimate of drug-likeness (QED) is 0.783. The molecule has 1 heterocycles. The lowest BCUT2D eigenvalue weighted by Gasteiger charge is -2.31. The zero-order valence-corrected chi connectivity index (χ0v) is 11.3. The summed E-state index contributed by atoms with van der Waals surface area (Å²) in [6.07, 6.45) is 4.83. The van der Waals surface area contributed by atoms with E-state index in [1.54, 1.807) is 0 Å². The molecular weight excluding hydrogens is 214 g/mol. The maximum Gasteiger partial charge on any atom is 0.239 e. The topological polar surface area (TPSA) is 49.6 Å². The number of likely N-dealkylation sites (N-methyl/N-ethyl adjacent to an activating group) is 1. The largest absolute Gasteiger partial charge is 0.341 e. The SMILES string of the molecule is CCN(CCN)C(C)C(=O)N1CCCCCC1. The Balaban J connectivity index is 2.53. The Bertz CT molecular complexity index is 225. The van der Waals surface area contributed by atoms with E-state index in [1.807, 2.05) is 11.8 Å². The van der Waals surface area contributed by atoms with Gasteiger partial charge in [-0.25, -0.2) is 0 Å². The smallest absolute Gasteiger partial charge is 0.239 e. The second kappa shape index (κ2) is 7.67. The zero-order chi connectivity index (χ0) is 12.7. The van der Waals surface area contributed by atoms with E-state index in [-0.39, 0.29) is 11.9 Å². The maximum atomic E-state index is 12.4. The van der Waals surface area contributed by atoms with Crippen LogP contribution in [0.25, 0.3) is 0 Å². The number of hydrogen-bond donors (Lipinski definition) is 1. The predicted molar refractivity (Wildman–Crippen MR) is 70.8 cm³/mol. The van der Waals surface area contributed by atoms with Crippen LogP contribution in [0.5, 0.6) is 0 Å². The van der Waals surface area contributed by atoms with Crippen LogP contribution < -0.4 is 5.73 Å². The Morgan fingerprint density at radius 1 is 1.29 bits per heavy atom. The highest BCUT2D eigenvalue weighted by Crippen LogP contribution is 2.12. The molecule has 0 spiro atoms. The van der Waals surface area contributed by atoms with Gasteiger partial charge in [0.1, 0.15) is 0 Å². The first-order valence-corrected chi connectivity index (χ1v) is 6.93. The van der Waals surface area contributed by atoms with Gasteiger partial charge in [0, 0.05) is 26.2 Å². The minimum atomic E-state index is -0.0263. The second-order valence-electron chi connectivity index (χ2n) is 4.83. The van der Waals surface area contributed by atoms with Crippen molar-refractivity contribution in [2.75, 3.05) is 32.7 Å². The number of nitrogens with zero attached hydrogens (tertiary/aromatic N) is 2. The van der Waals surface area contributed by atoms with Crippen molar-refractivity contribution in [1.82, 2.24) is 9.80 Å². The summed E-state index contributed by atoms with van der Waals surface area (Å²) >= 11 is 0. The van der Waals surface area contributed by atoms with Crippen LogP contribution in [0, 0.1) is 0 Å². The number of rotatable bonds is 5. The molecule has 0 aromatic rings. The van der Waals surface area contributed by atoms with Gasteiger partial charge in [0.25, 0.3) is 0 Å². The van der Waals surface area contributed by atoms with Crippen molar-refractivity contribution in [2.45, 2.75) is 45.6 Å².